The Kier molecular flexibility index (Phi) is 6.41. The molecule has 3 heterocycles. The molecule has 0 fully saturated rings. The van der Waals surface area contributed by atoms with Crippen molar-refractivity contribution in [3.05, 3.63) is 56.1 Å². The zero-order valence-electron chi connectivity index (χ0n) is 15.9. The number of anilines is 1. The summed E-state index contributed by atoms with van der Waals surface area (Å²) in [6.07, 6.45) is 0. The number of thioether (sulfide) groups is 1. The number of nitrogens with zero attached hydrogens (tertiary/aromatic N) is 2. The number of rotatable bonds is 6. The number of hydrogen-bond acceptors (Lipinski definition) is 9. The van der Waals surface area contributed by atoms with Gasteiger partial charge in [-0.25, -0.2) is 4.79 Å². The van der Waals surface area contributed by atoms with E-state index in [1.54, 1.807) is 19.9 Å². The van der Waals surface area contributed by atoms with Crippen molar-refractivity contribution in [2.45, 2.75) is 19.8 Å². The van der Waals surface area contributed by atoms with Gasteiger partial charge in [0.2, 0.25) is 5.91 Å². The Morgan fingerprint density at radius 3 is 2.86 bits per heavy atom. The molecule has 1 aliphatic heterocycles. The van der Waals surface area contributed by atoms with Crippen molar-refractivity contribution in [2.75, 3.05) is 18.2 Å². The summed E-state index contributed by atoms with van der Waals surface area (Å²) in [5.41, 5.74) is 1.34. The Labute approximate surface area is 175 Å². The van der Waals surface area contributed by atoms with Crippen molar-refractivity contribution in [3.63, 3.8) is 0 Å². The molecule has 1 atom stereocenters. The van der Waals surface area contributed by atoms with E-state index in [1.807, 2.05) is 17.5 Å². The summed E-state index contributed by atoms with van der Waals surface area (Å²) >= 11 is 2.63. The SMILES string of the molecule is COC(=O)C1=C(C)NC(SCC(=O)Nc2cc(C)on2)=C(C#N)[C@H]1c1cccs1. The number of hydrogen-bond donors (Lipinski definition) is 2. The standard InChI is InChI=1S/C19H18N4O4S2/c1-10-7-14(23-27-10)22-15(24)9-29-18-12(8-20)17(13-5-4-6-28-13)16(11(2)21-18)19(25)26-3/h4-7,17,21H,9H2,1-3H3,(H,22,23,24)/t17-/m0/s1. The number of carbonyl (C=O) groups excluding carboxylic acids is 2. The van der Waals surface area contributed by atoms with Crippen molar-refractivity contribution in [3.8, 4) is 6.07 Å². The van der Waals surface area contributed by atoms with E-state index in [2.05, 4.69) is 21.9 Å². The van der Waals surface area contributed by atoms with Crippen molar-refractivity contribution >= 4 is 40.8 Å². The summed E-state index contributed by atoms with van der Waals surface area (Å²) in [5, 5.41) is 21.7. The van der Waals surface area contributed by atoms with Gasteiger partial charge in [0.15, 0.2) is 5.82 Å². The number of esters is 1. The van der Waals surface area contributed by atoms with Gasteiger partial charge < -0.3 is 19.9 Å². The smallest absolute Gasteiger partial charge is 0.336 e. The van der Waals surface area contributed by atoms with Crippen LogP contribution in [-0.2, 0) is 14.3 Å². The average Bonchev–Trinajstić information content (AvgIpc) is 3.37. The van der Waals surface area contributed by atoms with Crippen LogP contribution in [0, 0.1) is 18.3 Å². The number of nitriles is 1. The number of carbonyl (C=O) groups is 2. The second-order valence-electron chi connectivity index (χ2n) is 6.12. The summed E-state index contributed by atoms with van der Waals surface area (Å²) in [6.45, 7) is 3.48. The van der Waals surface area contributed by atoms with Gasteiger partial charge in [-0.3, -0.25) is 4.79 Å². The number of aryl methyl sites for hydroxylation is 1. The van der Waals surface area contributed by atoms with E-state index < -0.39 is 11.9 Å². The molecule has 8 nitrogen and oxygen atoms in total. The molecule has 0 saturated carbocycles. The van der Waals surface area contributed by atoms with Crippen LogP contribution in [0.5, 0.6) is 0 Å². The van der Waals surface area contributed by atoms with Crippen LogP contribution in [0.15, 0.2) is 50.0 Å². The summed E-state index contributed by atoms with van der Waals surface area (Å²) in [5.74, 6) is -0.354. The molecule has 0 radical (unpaired) electrons. The van der Waals surface area contributed by atoms with Crippen LogP contribution < -0.4 is 10.6 Å². The predicted molar refractivity (Wildman–Crippen MR) is 110 cm³/mol. The molecule has 1 amide bonds. The minimum atomic E-state index is -0.544. The molecule has 2 aromatic rings. The number of aromatic nitrogens is 1. The van der Waals surface area contributed by atoms with Crippen molar-refractivity contribution < 1.29 is 18.8 Å². The van der Waals surface area contributed by atoms with Gasteiger partial charge in [-0.2, -0.15) is 5.26 Å². The van der Waals surface area contributed by atoms with Gasteiger partial charge in [0.1, 0.15) is 5.76 Å². The second-order valence-corrected chi connectivity index (χ2v) is 8.08. The number of methoxy groups -OCH3 is 1. The predicted octanol–water partition coefficient (Wildman–Crippen LogP) is 3.29. The molecule has 0 unspecified atom stereocenters. The molecular weight excluding hydrogens is 412 g/mol. The Balaban J connectivity index is 1.84. The molecule has 29 heavy (non-hydrogen) atoms. The first-order valence-corrected chi connectivity index (χ1v) is 10.4. The monoisotopic (exact) mass is 430 g/mol. The Morgan fingerprint density at radius 2 is 2.28 bits per heavy atom. The molecule has 2 aromatic heterocycles. The number of dihydropyridines is 1. The third-order valence-electron chi connectivity index (χ3n) is 4.12. The fourth-order valence-electron chi connectivity index (χ4n) is 2.89. The lowest BCUT2D eigenvalue weighted by atomic mass is 9.87. The summed E-state index contributed by atoms with van der Waals surface area (Å²) < 4.78 is 9.86. The molecule has 3 rings (SSSR count). The lowest BCUT2D eigenvalue weighted by Crippen LogP contribution is -2.28. The minimum Gasteiger partial charge on any atom is -0.466 e. The van der Waals surface area contributed by atoms with E-state index in [0.29, 0.717) is 33.5 Å². The summed E-state index contributed by atoms with van der Waals surface area (Å²) in [7, 11) is 1.31. The molecule has 150 valence electrons. The van der Waals surface area contributed by atoms with E-state index in [9.17, 15) is 14.9 Å². The first-order valence-electron chi connectivity index (χ1n) is 8.54. The maximum absolute atomic E-state index is 12.4. The van der Waals surface area contributed by atoms with Gasteiger partial charge >= 0.3 is 5.97 Å². The van der Waals surface area contributed by atoms with Crippen LogP contribution >= 0.6 is 23.1 Å². The number of allylic oxidation sites excluding steroid dienone is 2. The van der Waals surface area contributed by atoms with Gasteiger partial charge in [0.25, 0.3) is 0 Å². The topological polar surface area (TPSA) is 117 Å². The van der Waals surface area contributed by atoms with Crippen LogP contribution in [0.2, 0.25) is 0 Å². The van der Waals surface area contributed by atoms with E-state index in [0.717, 1.165) is 4.88 Å². The van der Waals surface area contributed by atoms with Crippen LogP contribution in [0.25, 0.3) is 0 Å². The number of nitrogens with one attached hydrogen (secondary N) is 2. The fourth-order valence-corrected chi connectivity index (χ4v) is 4.62. The van der Waals surface area contributed by atoms with Crippen molar-refractivity contribution in [2.24, 2.45) is 0 Å². The van der Waals surface area contributed by atoms with Gasteiger partial charge in [0, 0.05) is 16.6 Å². The largest absolute Gasteiger partial charge is 0.466 e. The van der Waals surface area contributed by atoms with Crippen molar-refractivity contribution in [1.29, 1.82) is 5.26 Å². The van der Waals surface area contributed by atoms with Gasteiger partial charge in [-0.1, -0.05) is 23.0 Å². The van der Waals surface area contributed by atoms with Crippen LogP contribution in [0.4, 0.5) is 5.82 Å². The first kappa shape index (κ1) is 20.7. The highest BCUT2D eigenvalue weighted by molar-refractivity contribution is 8.03. The first-order chi connectivity index (χ1) is 13.9. The van der Waals surface area contributed by atoms with Crippen LogP contribution in [-0.4, -0.2) is 29.9 Å². The second kappa shape index (κ2) is 8.98. The quantitative estimate of drug-likeness (QED) is 0.671. The molecule has 0 spiro atoms. The number of amides is 1. The third kappa shape index (κ3) is 4.52. The molecule has 10 heteroatoms. The lowest BCUT2D eigenvalue weighted by molar-refractivity contribution is -0.136. The zero-order valence-corrected chi connectivity index (χ0v) is 17.6. The molecule has 1 aliphatic rings. The Bertz CT molecular complexity index is 1030. The zero-order chi connectivity index (χ0) is 21.0. The molecule has 0 saturated heterocycles. The number of ether oxygens (including phenoxy) is 1. The fraction of sp³-hybridized carbons (Fsp3) is 0.263. The van der Waals surface area contributed by atoms with E-state index in [4.69, 9.17) is 9.26 Å². The highest BCUT2D eigenvalue weighted by Gasteiger charge is 2.35. The third-order valence-corrected chi connectivity index (χ3v) is 6.08. The van der Waals surface area contributed by atoms with Gasteiger partial charge in [-0.05, 0) is 25.3 Å². The molecule has 0 bridgehead atoms. The van der Waals surface area contributed by atoms with Crippen LogP contribution in [0.3, 0.4) is 0 Å². The van der Waals surface area contributed by atoms with E-state index in [-0.39, 0.29) is 11.7 Å². The van der Waals surface area contributed by atoms with Crippen molar-refractivity contribution in [1.82, 2.24) is 10.5 Å². The lowest BCUT2D eigenvalue weighted by Gasteiger charge is -2.28. The summed E-state index contributed by atoms with van der Waals surface area (Å²) in [6, 6.07) is 7.55. The minimum absolute atomic E-state index is 0.0530. The van der Waals surface area contributed by atoms with Gasteiger partial charge in [-0.15, -0.1) is 11.3 Å². The molecule has 0 aliphatic carbocycles. The maximum Gasteiger partial charge on any atom is 0.336 e. The molecular formula is C19H18N4O4S2. The Morgan fingerprint density at radius 1 is 1.48 bits per heavy atom. The van der Waals surface area contributed by atoms with Crippen LogP contribution in [0.1, 0.15) is 23.5 Å². The average molecular weight is 431 g/mol. The number of thiophene rings is 1. The summed E-state index contributed by atoms with van der Waals surface area (Å²) in [4.78, 5) is 25.5. The molecule has 2 N–H and O–H groups in total. The highest BCUT2D eigenvalue weighted by Crippen LogP contribution is 2.42. The Hall–Kier alpha value is -3.03. The highest BCUT2D eigenvalue weighted by atomic mass is 32.2. The maximum atomic E-state index is 12.4. The molecule has 0 aromatic carbocycles. The normalized spacial score (nSPS) is 16.3. The van der Waals surface area contributed by atoms with E-state index in [1.165, 1.54) is 30.2 Å². The van der Waals surface area contributed by atoms with E-state index >= 15 is 0 Å². The van der Waals surface area contributed by atoms with Gasteiger partial charge in [0.05, 0.1) is 41.0 Å².